The van der Waals surface area contributed by atoms with Gasteiger partial charge in [0.1, 0.15) is 11.9 Å². The zero-order valence-electron chi connectivity index (χ0n) is 12.0. The highest BCUT2D eigenvalue weighted by molar-refractivity contribution is 7.10. The molecule has 102 valence electrons. The summed E-state index contributed by atoms with van der Waals surface area (Å²) in [6.07, 6.45) is -0.0556. The summed E-state index contributed by atoms with van der Waals surface area (Å²) in [6, 6.07) is 6.38. The highest BCUT2D eigenvalue weighted by Crippen LogP contribution is 2.31. The second kappa shape index (κ2) is 5.76. The zero-order chi connectivity index (χ0) is 14.0. The van der Waals surface area contributed by atoms with Crippen molar-refractivity contribution in [2.45, 2.75) is 33.8 Å². The molecule has 0 aliphatic carbocycles. The van der Waals surface area contributed by atoms with Gasteiger partial charge in [-0.3, -0.25) is 0 Å². The third-order valence-corrected chi connectivity index (χ3v) is 4.55. The van der Waals surface area contributed by atoms with Gasteiger partial charge in [-0.2, -0.15) is 0 Å². The molecule has 2 N–H and O–H groups in total. The second-order valence-corrected chi connectivity index (χ2v) is 5.96. The Morgan fingerprint density at radius 2 is 1.89 bits per heavy atom. The van der Waals surface area contributed by atoms with E-state index in [1.807, 2.05) is 0 Å². The molecule has 0 bridgehead atoms. The van der Waals surface area contributed by atoms with E-state index >= 15 is 0 Å². The van der Waals surface area contributed by atoms with Gasteiger partial charge in [0.15, 0.2) is 0 Å². The maximum absolute atomic E-state index is 6.17. The second-order valence-electron chi connectivity index (χ2n) is 5.02. The van der Waals surface area contributed by atoms with Crippen LogP contribution in [0, 0.1) is 27.7 Å². The molecule has 0 saturated heterocycles. The highest BCUT2D eigenvalue weighted by atomic mass is 32.1. The number of hydrogen-bond acceptors (Lipinski definition) is 3. The molecular formula is C16H21NOS. The van der Waals surface area contributed by atoms with Crippen molar-refractivity contribution in [1.29, 1.82) is 0 Å². The van der Waals surface area contributed by atoms with Gasteiger partial charge < -0.3 is 10.5 Å². The smallest absolute Gasteiger partial charge is 0.145 e. The van der Waals surface area contributed by atoms with Crippen molar-refractivity contribution in [1.82, 2.24) is 0 Å². The molecule has 2 aromatic rings. The SMILES string of the molecule is Cc1cc(C)c(C)c(OC(CN)c2sccc2C)c1. The fourth-order valence-electron chi connectivity index (χ4n) is 2.20. The first-order valence-electron chi connectivity index (χ1n) is 6.51. The summed E-state index contributed by atoms with van der Waals surface area (Å²) in [5.41, 5.74) is 10.8. The first-order valence-corrected chi connectivity index (χ1v) is 7.39. The molecule has 0 amide bonds. The average Bonchev–Trinajstić information content (AvgIpc) is 2.78. The summed E-state index contributed by atoms with van der Waals surface area (Å²) in [6.45, 7) is 8.90. The molecule has 2 rings (SSSR count). The number of ether oxygens (including phenoxy) is 1. The van der Waals surface area contributed by atoms with Gasteiger partial charge in [-0.15, -0.1) is 11.3 Å². The van der Waals surface area contributed by atoms with Crippen LogP contribution in [0.3, 0.4) is 0 Å². The van der Waals surface area contributed by atoms with Crippen LogP contribution >= 0.6 is 11.3 Å². The fourth-order valence-corrected chi connectivity index (χ4v) is 3.17. The summed E-state index contributed by atoms with van der Waals surface area (Å²) in [5, 5.41) is 2.09. The van der Waals surface area contributed by atoms with Crippen LogP contribution in [-0.2, 0) is 0 Å². The van der Waals surface area contributed by atoms with Crippen molar-refractivity contribution in [2.24, 2.45) is 5.73 Å². The Balaban J connectivity index is 2.31. The first-order chi connectivity index (χ1) is 9.02. The quantitative estimate of drug-likeness (QED) is 0.913. The monoisotopic (exact) mass is 275 g/mol. The van der Waals surface area contributed by atoms with E-state index in [0.717, 1.165) is 5.75 Å². The maximum atomic E-state index is 6.17. The lowest BCUT2D eigenvalue weighted by Crippen LogP contribution is -2.18. The molecule has 3 heteroatoms. The van der Waals surface area contributed by atoms with Crippen molar-refractivity contribution in [3.63, 3.8) is 0 Å². The van der Waals surface area contributed by atoms with Crippen LogP contribution in [0.5, 0.6) is 5.75 Å². The van der Waals surface area contributed by atoms with E-state index < -0.39 is 0 Å². The van der Waals surface area contributed by atoms with Gasteiger partial charge in [0.05, 0.1) is 0 Å². The minimum atomic E-state index is -0.0556. The Hall–Kier alpha value is -1.32. The Bertz CT molecular complexity index is 574. The molecule has 0 aliphatic heterocycles. The lowest BCUT2D eigenvalue weighted by Gasteiger charge is -2.20. The van der Waals surface area contributed by atoms with Gasteiger partial charge in [-0.1, -0.05) is 6.07 Å². The summed E-state index contributed by atoms with van der Waals surface area (Å²) in [5.74, 6) is 0.945. The van der Waals surface area contributed by atoms with E-state index in [1.54, 1.807) is 11.3 Å². The van der Waals surface area contributed by atoms with Gasteiger partial charge in [0.25, 0.3) is 0 Å². The average molecular weight is 275 g/mol. The van der Waals surface area contributed by atoms with Crippen LogP contribution in [0.2, 0.25) is 0 Å². The summed E-state index contributed by atoms with van der Waals surface area (Å²) >= 11 is 1.71. The van der Waals surface area contributed by atoms with Crippen molar-refractivity contribution in [3.05, 3.63) is 50.7 Å². The van der Waals surface area contributed by atoms with E-state index in [9.17, 15) is 0 Å². The van der Waals surface area contributed by atoms with Crippen LogP contribution in [-0.4, -0.2) is 6.54 Å². The van der Waals surface area contributed by atoms with Crippen LogP contribution in [0.1, 0.15) is 33.2 Å². The standard InChI is InChI=1S/C16H21NOS/c1-10-7-12(3)13(4)14(8-10)18-15(9-17)16-11(2)5-6-19-16/h5-8,15H,9,17H2,1-4H3. The molecule has 19 heavy (non-hydrogen) atoms. The molecule has 2 nitrogen and oxygen atoms in total. The number of thiophene rings is 1. The predicted molar refractivity (Wildman–Crippen MR) is 82.1 cm³/mol. The number of rotatable bonds is 4. The Labute approximate surface area is 119 Å². The van der Waals surface area contributed by atoms with Gasteiger partial charge >= 0.3 is 0 Å². The molecule has 1 aromatic heterocycles. The molecule has 0 spiro atoms. The zero-order valence-corrected chi connectivity index (χ0v) is 12.8. The summed E-state index contributed by atoms with van der Waals surface area (Å²) in [7, 11) is 0. The molecule has 0 aliphatic rings. The maximum Gasteiger partial charge on any atom is 0.145 e. The largest absolute Gasteiger partial charge is 0.483 e. The minimum Gasteiger partial charge on any atom is -0.483 e. The summed E-state index contributed by atoms with van der Waals surface area (Å²) in [4.78, 5) is 1.22. The molecule has 0 saturated carbocycles. The lowest BCUT2D eigenvalue weighted by atomic mass is 10.1. The van der Waals surface area contributed by atoms with Crippen molar-refractivity contribution < 1.29 is 4.74 Å². The molecule has 0 fully saturated rings. The molecule has 0 radical (unpaired) electrons. The van der Waals surface area contributed by atoms with Crippen LogP contribution in [0.15, 0.2) is 23.6 Å². The van der Waals surface area contributed by atoms with Gasteiger partial charge in [0.2, 0.25) is 0 Å². The first kappa shape index (κ1) is 14.1. The molecule has 1 heterocycles. The minimum absolute atomic E-state index is 0.0556. The normalized spacial score (nSPS) is 12.5. The number of hydrogen-bond donors (Lipinski definition) is 1. The third kappa shape index (κ3) is 2.99. The Morgan fingerprint density at radius 1 is 1.16 bits per heavy atom. The fraction of sp³-hybridized carbons (Fsp3) is 0.375. The van der Waals surface area contributed by atoms with Crippen molar-refractivity contribution in [3.8, 4) is 5.75 Å². The van der Waals surface area contributed by atoms with E-state index in [2.05, 4.69) is 51.3 Å². The topological polar surface area (TPSA) is 35.2 Å². The molecule has 1 atom stereocenters. The Morgan fingerprint density at radius 3 is 2.47 bits per heavy atom. The number of aryl methyl sites for hydroxylation is 3. The van der Waals surface area contributed by atoms with Crippen molar-refractivity contribution >= 4 is 11.3 Å². The van der Waals surface area contributed by atoms with Gasteiger partial charge in [-0.05, 0) is 67.5 Å². The van der Waals surface area contributed by atoms with Crippen LogP contribution in [0.25, 0.3) is 0 Å². The van der Waals surface area contributed by atoms with Crippen LogP contribution < -0.4 is 10.5 Å². The van der Waals surface area contributed by atoms with Gasteiger partial charge in [0, 0.05) is 11.4 Å². The number of nitrogens with two attached hydrogens (primary N) is 1. The molecular weight excluding hydrogens is 254 g/mol. The van der Waals surface area contributed by atoms with E-state index in [-0.39, 0.29) is 6.10 Å². The van der Waals surface area contributed by atoms with E-state index in [0.29, 0.717) is 6.54 Å². The highest BCUT2D eigenvalue weighted by Gasteiger charge is 2.17. The number of benzene rings is 1. The van der Waals surface area contributed by atoms with Crippen molar-refractivity contribution in [2.75, 3.05) is 6.54 Å². The predicted octanol–water partition coefficient (Wildman–Crippen LogP) is 4.06. The van der Waals surface area contributed by atoms with Crippen LogP contribution in [0.4, 0.5) is 0 Å². The third-order valence-electron chi connectivity index (χ3n) is 3.44. The Kier molecular flexibility index (Phi) is 4.27. The van der Waals surface area contributed by atoms with Gasteiger partial charge in [-0.25, -0.2) is 0 Å². The molecule has 1 unspecified atom stereocenters. The lowest BCUT2D eigenvalue weighted by molar-refractivity contribution is 0.215. The van der Waals surface area contributed by atoms with E-state index in [4.69, 9.17) is 10.5 Å². The summed E-state index contributed by atoms with van der Waals surface area (Å²) < 4.78 is 6.17. The van der Waals surface area contributed by atoms with E-state index in [1.165, 1.54) is 27.1 Å². The molecule has 1 aromatic carbocycles.